The Morgan fingerprint density at radius 3 is 2.94 bits per heavy atom. The first-order chi connectivity index (χ1) is 8.22. The standard InChI is InChI=1S/C13H17BrFNO/c1-17-8-9-6-10(13(15)11(14)7-9)12-4-2-3-5-16-12/h6-7,12,16H,2-5,8H2,1H3. The van der Waals surface area contributed by atoms with Crippen LogP contribution >= 0.6 is 15.9 Å². The van der Waals surface area contributed by atoms with Gasteiger partial charge in [-0.3, -0.25) is 0 Å². The molecule has 0 saturated carbocycles. The number of piperidine rings is 1. The van der Waals surface area contributed by atoms with Gasteiger partial charge < -0.3 is 10.1 Å². The quantitative estimate of drug-likeness (QED) is 0.922. The Balaban J connectivity index is 2.29. The minimum Gasteiger partial charge on any atom is -0.380 e. The second kappa shape index (κ2) is 5.94. The molecule has 2 rings (SSSR count). The van der Waals surface area contributed by atoms with Crippen LogP contribution in [0, 0.1) is 5.82 Å². The molecule has 1 aliphatic heterocycles. The van der Waals surface area contributed by atoms with Crippen molar-refractivity contribution >= 4 is 15.9 Å². The number of rotatable bonds is 3. The van der Waals surface area contributed by atoms with Crippen LogP contribution in [0.5, 0.6) is 0 Å². The SMILES string of the molecule is COCc1cc(Br)c(F)c(C2CCCCN2)c1. The molecule has 17 heavy (non-hydrogen) atoms. The summed E-state index contributed by atoms with van der Waals surface area (Å²) < 4.78 is 19.7. The Hall–Kier alpha value is -0.450. The fourth-order valence-electron chi connectivity index (χ4n) is 2.29. The highest BCUT2D eigenvalue weighted by Gasteiger charge is 2.20. The lowest BCUT2D eigenvalue weighted by molar-refractivity contribution is 0.184. The first-order valence-electron chi connectivity index (χ1n) is 5.92. The first-order valence-corrected chi connectivity index (χ1v) is 6.72. The largest absolute Gasteiger partial charge is 0.380 e. The van der Waals surface area contributed by atoms with Crippen molar-refractivity contribution in [1.82, 2.24) is 5.32 Å². The van der Waals surface area contributed by atoms with Gasteiger partial charge in [-0.25, -0.2) is 4.39 Å². The molecule has 0 spiro atoms. The summed E-state index contributed by atoms with van der Waals surface area (Å²) in [6.45, 7) is 1.48. The van der Waals surface area contributed by atoms with E-state index in [1.165, 1.54) is 6.42 Å². The molecule has 1 heterocycles. The molecule has 4 heteroatoms. The average Bonchev–Trinajstić information content (AvgIpc) is 2.35. The van der Waals surface area contributed by atoms with E-state index in [1.807, 2.05) is 6.07 Å². The normalized spacial score (nSPS) is 20.5. The van der Waals surface area contributed by atoms with Gasteiger partial charge in [0.05, 0.1) is 11.1 Å². The lowest BCUT2D eigenvalue weighted by Gasteiger charge is -2.25. The molecule has 0 aromatic heterocycles. The van der Waals surface area contributed by atoms with E-state index in [-0.39, 0.29) is 11.9 Å². The van der Waals surface area contributed by atoms with E-state index in [9.17, 15) is 4.39 Å². The number of hydrogen-bond acceptors (Lipinski definition) is 2. The van der Waals surface area contributed by atoms with Gasteiger partial charge in [0.25, 0.3) is 0 Å². The van der Waals surface area contributed by atoms with E-state index in [1.54, 1.807) is 13.2 Å². The summed E-state index contributed by atoms with van der Waals surface area (Å²) in [5, 5.41) is 3.37. The molecule has 1 aliphatic rings. The summed E-state index contributed by atoms with van der Waals surface area (Å²) in [7, 11) is 1.65. The number of benzene rings is 1. The Morgan fingerprint density at radius 1 is 1.47 bits per heavy atom. The maximum Gasteiger partial charge on any atom is 0.142 e. The summed E-state index contributed by atoms with van der Waals surface area (Å²) in [4.78, 5) is 0. The third-order valence-corrected chi connectivity index (χ3v) is 3.69. The molecule has 0 radical (unpaired) electrons. The molecule has 2 nitrogen and oxygen atoms in total. The molecule has 0 bridgehead atoms. The van der Waals surface area contributed by atoms with Crippen LogP contribution in [-0.2, 0) is 11.3 Å². The van der Waals surface area contributed by atoms with Gasteiger partial charge in [0.1, 0.15) is 5.82 Å². The van der Waals surface area contributed by atoms with Crippen LogP contribution in [0.4, 0.5) is 4.39 Å². The van der Waals surface area contributed by atoms with Crippen LogP contribution in [0.15, 0.2) is 16.6 Å². The van der Waals surface area contributed by atoms with E-state index in [4.69, 9.17) is 4.74 Å². The number of ether oxygens (including phenoxy) is 1. The average molecular weight is 302 g/mol. The third kappa shape index (κ3) is 3.06. The first kappa shape index (κ1) is 13.0. The Kier molecular flexibility index (Phi) is 4.54. The van der Waals surface area contributed by atoms with Crippen LogP contribution in [0.3, 0.4) is 0 Å². The highest BCUT2D eigenvalue weighted by molar-refractivity contribution is 9.10. The maximum absolute atomic E-state index is 14.1. The molecule has 1 atom stereocenters. The lowest BCUT2D eigenvalue weighted by Crippen LogP contribution is -2.27. The summed E-state index contributed by atoms with van der Waals surface area (Å²) in [5.41, 5.74) is 1.76. The van der Waals surface area contributed by atoms with Crippen molar-refractivity contribution in [2.24, 2.45) is 0 Å². The Bertz CT molecular complexity index is 391. The molecule has 1 N–H and O–H groups in total. The van der Waals surface area contributed by atoms with Crippen LogP contribution < -0.4 is 5.32 Å². The number of halogens is 2. The molecule has 0 amide bonds. The van der Waals surface area contributed by atoms with Crippen molar-refractivity contribution in [3.8, 4) is 0 Å². The van der Waals surface area contributed by atoms with Crippen molar-refractivity contribution in [2.45, 2.75) is 31.9 Å². The third-order valence-electron chi connectivity index (χ3n) is 3.11. The van der Waals surface area contributed by atoms with Crippen LogP contribution in [0.1, 0.15) is 36.4 Å². The van der Waals surface area contributed by atoms with Gasteiger partial charge in [0.2, 0.25) is 0 Å². The smallest absolute Gasteiger partial charge is 0.142 e. The summed E-state index contributed by atoms with van der Waals surface area (Å²) in [6, 6.07) is 3.83. The number of methoxy groups -OCH3 is 1. The number of nitrogens with one attached hydrogen (secondary N) is 1. The van der Waals surface area contributed by atoms with Gasteiger partial charge in [0.15, 0.2) is 0 Å². The topological polar surface area (TPSA) is 21.3 Å². The van der Waals surface area contributed by atoms with Crippen LogP contribution in [0.25, 0.3) is 0 Å². The minimum absolute atomic E-state index is 0.136. The molecular weight excluding hydrogens is 285 g/mol. The lowest BCUT2D eigenvalue weighted by atomic mass is 9.96. The Morgan fingerprint density at radius 2 is 2.29 bits per heavy atom. The van der Waals surface area contributed by atoms with Crippen molar-refractivity contribution < 1.29 is 9.13 Å². The van der Waals surface area contributed by atoms with Crippen LogP contribution in [0.2, 0.25) is 0 Å². The predicted molar refractivity (Wildman–Crippen MR) is 69.4 cm³/mol. The van der Waals surface area contributed by atoms with Crippen molar-refractivity contribution in [2.75, 3.05) is 13.7 Å². The van der Waals surface area contributed by atoms with Crippen molar-refractivity contribution in [3.63, 3.8) is 0 Å². The maximum atomic E-state index is 14.1. The highest BCUT2D eigenvalue weighted by atomic mass is 79.9. The molecule has 1 unspecified atom stereocenters. The van der Waals surface area contributed by atoms with E-state index in [0.717, 1.165) is 30.5 Å². The second-order valence-electron chi connectivity index (χ2n) is 4.42. The van der Waals surface area contributed by atoms with Crippen LogP contribution in [-0.4, -0.2) is 13.7 Å². The zero-order valence-corrected chi connectivity index (χ0v) is 11.5. The monoisotopic (exact) mass is 301 g/mol. The van der Waals surface area contributed by atoms with Gasteiger partial charge in [-0.15, -0.1) is 0 Å². The van der Waals surface area contributed by atoms with E-state index in [2.05, 4.69) is 21.2 Å². The molecule has 1 fully saturated rings. The summed E-state index contributed by atoms with van der Waals surface area (Å²) in [5.74, 6) is -0.149. The summed E-state index contributed by atoms with van der Waals surface area (Å²) >= 11 is 3.28. The van der Waals surface area contributed by atoms with E-state index in [0.29, 0.717) is 11.1 Å². The zero-order chi connectivity index (χ0) is 12.3. The van der Waals surface area contributed by atoms with Gasteiger partial charge in [-0.2, -0.15) is 0 Å². The molecule has 94 valence electrons. The molecule has 1 aromatic carbocycles. The highest BCUT2D eigenvalue weighted by Crippen LogP contribution is 2.30. The fraction of sp³-hybridized carbons (Fsp3) is 0.538. The summed E-state index contributed by atoms with van der Waals surface area (Å²) in [6.07, 6.45) is 3.33. The van der Waals surface area contributed by atoms with Gasteiger partial charge in [0, 0.05) is 18.7 Å². The second-order valence-corrected chi connectivity index (χ2v) is 5.27. The molecule has 1 aromatic rings. The fourth-order valence-corrected chi connectivity index (χ4v) is 2.81. The Labute approximate surface area is 110 Å². The van der Waals surface area contributed by atoms with Crippen molar-refractivity contribution in [3.05, 3.63) is 33.5 Å². The minimum atomic E-state index is -0.149. The predicted octanol–water partition coefficient (Wildman–Crippen LogP) is 3.55. The molecule has 1 saturated heterocycles. The van der Waals surface area contributed by atoms with Gasteiger partial charge in [-0.1, -0.05) is 6.42 Å². The van der Waals surface area contributed by atoms with E-state index >= 15 is 0 Å². The van der Waals surface area contributed by atoms with Gasteiger partial charge >= 0.3 is 0 Å². The van der Waals surface area contributed by atoms with Crippen molar-refractivity contribution in [1.29, 1.82) is 0 Å². The zero-order valence-electron chi connectivity index (χ0n) is 9.93. The number of hydrogen-bond donors (Lipinski definition) is 1. The van der Waals surface area contributed by atoms with E-state index < -0.39 is 0 Å². The molecule has 0 aliphatic carbocycles. The molecular formula is C13H17BrFNO. The van der Waals surface area contributed by atoms with Gasteiger partial charge in [-0.05, 0) is 53.0 Å².